The number of thiophene rings is 1. The van der Waals surface area contributed by atoms with Gasteiger partial charge < -0.3 is 0 Å². The molecule has 1 aromatic carbocycles. The van der Waals surface area contributed by atoms with Crippen LogP contribution in [0.1, 0.15) is 15.9 Å². The number of nitrogens with zero attached hydrogens (tertiary/aromatic N) is 2. The number of hydrogen-bond acceptors (Lipinski definition) is 3. The number of benzene rings is 1. The fourth-order valence-corrected chi connectivity index (χ4v) is 2.97. The molecule has 90 valence electrons. The molecular weight excluding hydrogens is 244 g/mol. The van der Waals surface area contributed by atoms with Crippen molar-refractivity contribution in [3.63, 3.8) is 0 Å². The lowest BCUT2D eigenvalue weighted by Crippen LogP contribution is -2.01. The SMILES string of the molecule is Cn1cc(C(=O)Cc2csc3ccccc23)cn1. The standard InChI is InChI=1S/C14H12N2OS/c1-16-8-11(7-15-16)13(17)6-10-9-18-14-5-3-2-4-12(10)14/h2-5,7-9H,6H2,1H3. The van der Waals surface area contributed by atoms with Gasteiger partial charge >= 0.3 is 0 Å². The molecule has 0 saturated carbocycles. The number of carbonyl (C=O) groups is 1. The lowest BCUT2D eigenvalue weighted by Gasteiger charge is -1.97. The molecule has 0 bridgehead atoms. The normalized spacial score (nSPS) is 10.9. The van der Waals surface area contributed by atoms with E-state index in [1.54, 1.807) is 28.4 Å². The number of rotatable bonds is 3. The minimum absolute atomic E-state index is 0.117. The summed E-state index contributed by atoms with van der Waals surface area (Å²) in [7, 11) is 1.82. The zero-order chi connectivity index (χ0) is 12.5. The summed E-state index contributed by atoms with van der Waals surface area (Å²) in [6.07, 6.45) is 3.82. The van der Waals surface area contributed by atoms with E-state index < -0.39 is 0 Å². The molecule has 2 aromatic heterocycles. The van der Waals surface area contributed by atoms with Crippen LogP contribution in [-0.2, 0) is 13.5 Å². The number of aryl methyl sites for hydroxylation is 1. The summed E-state index contributed by atoms with van der Waals surface area (Å²) in [6.45, 7) is 0. The van der Waals surface area contributed by atoms with Gasteiger partial charge in [0.15, 0.2) is 5.78 Å². The number of aromatic nitrogens is 2. The number of fused-ring (bicyclic) bond motifs is 1. The van der Waals surface area contributed by atoms with E-state index in [-0.39, 0.29) is 5.78 Å². The highest BCUT2D eigenvalue weighted by molar-refractivity contribution is 7.17. The lowest BCUT2D eigenvalue weighted by atomic mass is 10.1. The van der Waals surface area contributed by atoms with Crippen LogP contribution < -0.4 is 0 Å². The van der Waals surface area contributed by atoms with Gasteiger partial charge in [-0.25, -0.2) is 0 Å². The number of carbonyl (C=O) groups excluding carboxylic acids is 1. The Hall–Kier alpha value is -1.94. The van der Waals surface area contributed by atoms with Gasteiger partial charge in [-0.2, -0.15) is 5.10 Å². The molecule has 0 aliphatic rings. The third kappa shape index (κ3) is 1.95. The van der Waals surface area contributed by atoms with E-state index in [2.05, 4.69) is 22.6 Å². The molecule has 2 heterocycles. The van der Waals surface area contributed by atoms with Gasteiger partial charge in [0.2, 0.25) is 0 Å². The van der Waals surface area contributed by atoms with Crippen LogP contribution in [-0.4, -0.2) is 15.6 Å². The van der Waals surface area contributed by atoms with Crippen molar-refractivity contribution >= 4 is 27.2 Å². The highest BCUT2D eigenvalue weighted by atomic mass is 32.1. The fraction of sp³-hybridized carbons (Fsp3) is 0.143. The van der Waals surface area contributed by atoms with Crippen molar-refractivity contribution in [2.24, 2.45) is 7.05 Å². The molecule has 0 aliphatic carbocycles. The van der Waals surface area contributed by atoms with Gasteiger partial charge in [-0.15, -0.1) is 11.3 Å². The molecule has 0 saturated heterocycles. The Morgan fingerprint density at radius 3 is 3.00 bits per heavy atom. The van der Waals surface area contributed by atoms with E-state index >= 15 is 0 Å². The van der Waals surface area contributed by atoms with Gasteiger partial charge in [-0.3, -0.25) is 9.48 Å². The average molecular weight is 256 g/mol. The Kier molecular flexibility index (Phi) is 2.72. The van der Waals surface area contributed by atoms with E-state index in [1.165, 1.54) is 10.1 Å². The van der Waals surface area contributed by atoms with E-state index in [4.69, 9.17) is 0 Å². The van der Waals surface area contributed by atoms with Crippen LogP contribution in [0.2, 0.25) is 0 Å². The molecule has 3 aromatic rings. The second-order valence-corrected chi connectivity index (χ2v) is 5.17. The minimum Gasteiger partial charge on any atom is -0.294 e. The van der Waals surface area contributed by atoms with Gasteiger partial charge in [0.1, 0.15) is 0 Å². The van der Waals surface area contributed by atoms with Crippen LogP contribution in [0.4, 0.5) is 0 Å². The monoisotopic (exact) mass is 256 g/mol. The third-order valence-electron chi connectivity index (χ3n) is 2.94. The fourth-order valence-electron chi connectivity index (χ4n) is 2.01. The lowest BCUT2D eigenvalue weighted by molar-refractivity contribution is 0.0993. The molecule has 3 nitrogen and oxygen atoms in total. The first-order chi connectivity index (χ1) is 8.74. The molecule has 0 N–H and O–H groups in total. The Morgan fingerprint density at radius 2 is 2.22 bits per heavy atom. The average Bonchev–Trinajstić information content (AvgIpc) is 2.97. The van der Waals surface area contributed by atoms with Gasteiger partial charge in [0, 0.05) is 24.4 Å². The molecule has 0 unspecified atom stereocenters. The molecule has 18 heavy (non-hydrogen) atoms. The topological polar surface area (TPSA) is 34.9 Å². The molecule has 0 spiro atoms. The second kappa shape index (κ2) is 4.38. The summed E-state index contributed by atoms with van der Waals surface area (Å²) in [5.41, 5.74) is 1.78. The zero-order valence-electron chi connectivity index (χ0n) is 9.96. The molecular formula is C14H12N2OS. The van der Waals surface area contributed by atoms with E-state index in [0.29, 0.717) is 12.0 Å². The van der Waals surface area contributed by atoms with Crippen molar-refractivity contribution < 1.29 is 4.79 Å². The summed E-state index contributed by atoms with van der Waals surface area (Å²) >= 11 is 1.68. The molecule has 0 atom stereocenters. The largest absolute Gasteiger partial charge is 0.294 e. The minimum atomic E-state index is 0.117. The Labute approximate surface area is 109 Å². The Bertz CT molecular complexity index is 711. The molecule has 3 rings (SSSR count). The van der Waals surface area contributed by atoms with Gasteiger partial charge in [0.05, 0.1) is 11.8 Å². The third-order valence-corrected chi connectivity index (χ3v) is 3.95. The highest BCUT2D eigenvalue weighted by Crippen LogP contribution is 2.26. The van der Waals surface area contributed by atoms with Crippen LogP contribution >= 0.6 is 11.3 Å². The van der Waals surface area contributed by atoms with Crippen LogP contribution in [0, 0.1) is 0 Å². The predicted molar refractivity (Wildman–Crippen MR) is 73.1 cm³/mol. The molecule has 4 heteroatoms. The summed E-state index contributed by atoms with van der Waals surface area (Å²) in [4.78, 5) is 12.1. The van der Waals surface area contributed by atoms with Crippen LogP contribution in [0.3, 0.4) is 0 Å². The van der Waals surface area contributed by atoms with E-state index in [1.807, 2.05) is 19.2 Å². The molecule has 0 amide bonds. The van der Waals surface area contributed by atoms with Gasteiger partial charge in [0.25, 0.3) is 0 Å². The molecule has 0 fully saturated rings. The van der Waals surface area contributed by atoms with Gasteiger partial charge in [-0.1, -0.05) is 18.2 Å². The quantitative estimate of drug-likeness (QED) is 0.675. The van der Waals surface area contributed by atoms with Crippen LogP contribution in [0.5, 0.6) is 0 Å². The highest BCUT2D eigenvalue weighted by Gasteiger charge is 2.12. The maximum Gasteiger partial charge on any atom is 0.170 e. The van der Waals surface area contributed by atoms with Crippen molar-refractivity contribution in [3.05, 3.63) is 53.2 Å². The first-order valence-corrected chi connectivity index (χ1v) is 6.59. The first kappa shape index (κ1) is 11.2. The van der Waals surface area contributed by atoms with Crippen molar-refractivity contribution in [3.8, 4) is 0 Å². The molecule has 0 aliphatic heterocycles. The smallest absolute Gasteiger partial charge is 0.170 e. The second-order valence-electron chi connectivity index (χ2n) is 4.26. The summed E-state index contributed by atoms with van der Waals surface area (Å²) in [6, 6.07) is 8.17. The van der Waals surface area contributed by atoms with Crippen molar-refractivity contribution in [1.82, 2.24) is 9.78 Å². The number of Topliss-reactive ketones (excluding diaryl/α,β-unsaturated/α-hetero) is 1. The Morgan fingerprint density at radius 1 is 1.39 bits per heavy atom. The summed E-state index contributed by atoms with van der Waals surface area (Å²) in [5, 5.41) is 7.28. The van der Waals surface area contributed by atoms with Crippen molar-refractivity contribution in [2.75, 3.05) is 0 Å². The molecule has 0 radical (unpaired) electrons. The Balaban J connectivity index is 1.90. The van der Waals surface area contributed by atoms with Crippen molar-refractivity contribution in [2.45, 2.75) is 6.42 Å². The summed E-state index contributed by atoms with van der Waals surface area (Å²) in [5.74, 6) is 0.117. The zero-order valence-corrected chi connectivity index (χ0v) is 10.8. The summed E-state index contributed by atoms with van der Waals surface area (Å²) < 4.78 is 2.88. The van der Waals surface area contributed by atoms with E-state index in [0.717, 1.165) is 5.56 Å². The van der Waals surface area contributed by atoms with Crippen LogP contribution in [0.15, 0.2) is 42.0 Å². The van der Waals surface area contributed by atoms with Crippen molar-refractivity contribution in [1.29, 1.82) is 0 Å². The van der Waals surface area contributed by atoms with E-state index in [9.17, 15) is 4.79 Å². The van der Waals surface area contributed by atoms with Crippen LogP contribution in [0.25, 0.3) is 10.1 Å². The number of ketones is 1. The first-order valence-electron chi connectivity index (χ1n) is 5.71. The maximum absolute atomic E-state index is 12.1. The predicted octanol–water partition coefficient (Wildman–Crippen LogP) is 3.06. The maximum atomic E-state index is 12.1. The van der Waals surface area contributed by atoms with Gasteiger partial charge in [-0.05, 0) is 22.4 Å². The number of hydrogen-bond donors (Lipinski definition) is 0.